The first-order valence-corrected chi connectivity index (χ1v) is 6.15. The van der Waals surface area contributed by atoms with Crippen LogP contribution in [-0.2, 0) is 14.4 Å². The van der Waals surface area contributed by atoms with Gasteiger partial charge in [-0.3, -0.25) is 4.79 Å². The van der Waals surface area contributed by atoms with Gasteiger partial charge in [-0.15, -0.1) is 0 Å². The van der Waals surface area contributed by atoms with Crippen molar-refractivity contribution in [3.63, 3.8) is 0 Å². The standard InChI is InChI=1S/C12H19NO4/c1-8(2)16-10-7-12(17-13-10)5-3-9(4-6-12)11(14)15/h8-9H,3-7H2,1-2H3,(H,14,15). The van der Waals surface area contributed by atoms with E-state index in [0.29, 0.717) is 25.2 Å². The van der Waals surface area contributed by atoms with E-state index in [2.05, 4.69) is 5.16 Å². The molecular formula is C12H19NO4. The van der Waals surface area contributed by atoms with Crippen LogP contribution in [0.1, 0.15) is 46.0 Å². The SMILES string of the molecule is CC(C)OC1=NOC2(CCC(C(=O)O)CC2)C1. The number of ether oxygens (including phenoxy) is 1. The first-order valence-electron chi connectivity index (χ1n) is 6.15. The van der Waals surface area contributed by atoms with Gasteiger partial charge in [0.05, 0.1) is 18.4 Å². The third-order valence-electron chi connectivity index (χ3n) is 3.43. The minimum atomic E-state index is -0.697. The van der Waals surface area contributed by atoms with Crippen molar-refractivity contribution in [2.75, 3.05) is 0 Å². The number of rotatable bonds is 2. The lowest BCUT2D eigenvalue weighted by atomic mass is 9.77. The number of carboxylic acids is 1. The zero-order valence-corrected chi connectivity index (χ0v) is 10.3. The minimum Gasteiger partial charge on any atom is -0.481 e. The summed E-state index contributed by atoms with van der Waals surface area (Å²) in [5.74, 6) is -0.273. The molecule has 1 fully saturated rings. The van der Waals surface area contributed by atoms with Gasteiger partial charge in [-0.05, 0) is 39.5 Å². The fraction of sp³-hybridized carbons (Fsp3) is 0.833. The molecular weight excluding hydrogens is 222 g/mol. The second kappa shape index (κ2) is 4.55. The number of aliphatic carboxylic acids is 1. The first kappa shape index (κ1) is 12.2. The van der Waals surface area contributed by atoms with E-state index in [4.69, 9.17) is 14.7 Å². The second-order valence-electron chi connectivity index (χ2n) is 5.22. The Hall–Kier alpha value is -1.26. The van der Waals surface area contributed by atoms with Crippen LogP contribution in [0, 0.1) is 5.92 Å². The maximum Gasteiger partial charge on any atom is 0.306 e. The molecule has 1 aliphatic carbocycles. The van der Waals surface area contributed by atoms with E-state index < -0.39 is 5.97 Å². The van der Waals surface area contributed by atoms with Crippen molar-refractivity contribution in [3.05, 3.63) is 0 Å². The smallest absolute Gasteiger partial charge is 0.306 e. The molecule has 5 nitrogen and oxygen atoms in total. The molecule has 0 amide bonds. The van der Waals surface area contributed by atoms with Crippen molar-refractivity contribution in [2.45, 2.75) is 57.7 Å². The highest BCUT2D eigenvalue weighted by Crippen LogP contribution is 2.40. The summed E-state index contributed by atoms with van der Waals surface area (Å²) in [6, 6.07) is 0. The maximum atomic E-state index is 10.9. The molecule has 0 bridgehead atoms. The van der Waals surface area contributed by atoms with Gasteiger partial charge >= 0.3 is 5.97 Å². The Bertz CT molecular complexity index is 329. The Morgan fingerprint density at radius 3 is 2.71 bits per heavy atom. The third kappa shape index (κ3) is 2.70. The highest BCUT2D eigenvalue weighted by Gasteiger charge is 2.44. The van der Waals surface area contributed by atoms with Crippen LogP contribution < -0.4 is 0 Å². The molecule has 0 radical (unpaired) electrons. The third-order valence-corrected chi connectivity index (χ3v) is 3.43. The lowest BCUT2D eigenvalue weighted by Gasteiger charge is -2.32. The average molecular weight is 241 g/mol. The van der Waals surface area contributed by atoms with Crippen molar-refractivity contribution in [1.29, 1.82) is 0 Å². The summed E-state index contributed by atoms with van der Waals surface area (Å²) in [6.07, 6.45) is 3.61. The van der Waals surface area contributed by atoms with Crippen molar-refractivity contribution < 1.29 is 19.5 Å². The van der Waals surface area contributed by atoms with Gasteiger partial charge in [0.15, 0.2) is 0 Å². The van der Waals surface area contributed by atoms with Crippen LogP contribution in [-0.4, -0.2) is 28.7 Å². The van der Waals surface area contributed by atoms with Gasteiger partial charge in [0, 0.05) is 0 Å². The molecule has 17 heavy (non-hydrogen) atoms. The highest BCUT2D eigenvalue weighted by atomic mass is 16.7. The number of carboxylic acid groups (broad SMARTS) is 1. The lowest BCUT2D eigenvalue weighted by Crippen LogP contribution is -2.36. The summed E-state index contributed by atoms with van der Waals surface area (Å²) in [5.41, 5.74) is -0.295. The van der Waals surface area contributed by atoms with E-state index >= 15 is 0 Å². The van der Waals surface area contributed by atoms with Crippen LogP contribution in [0.5, 0.6) is 0 Å². The molecule has 0 atom stereocenters. The van der Waals surface area contributed by atoms with Crippen molar-refractivity contribution in [2.24, 2.45) is 11.1 Å². The number of oxime groups is 1. The minimum absolute atomic E-state index is 0.0999. The molecule has 0 aromatic carbocycles. The van der Waals surface area contributed by atoms with Crippen LogP contribution in [0.3, 0.4) is 0 Å². The quantitative estimate of drug-likeness (QED) is 0.804. The average Bonchev–Trinajstić information content (AvgIpc) is 2.61. The topological polar surface area (TPSA) is 68.1 Å². The van der Waals surface area contributed by atoms with Gasteiger partial charge in [-0.2, -0.15) is 0 Å². The summed E-state index contributed by atoms with van der Waals surface area (Å²) in [7, 11) is 0. The molecule has 0 saturated heterocycles. The number of carbonyl (C=O) groups is 1. The second-order valence-corrected chi connectivity index (χ2v) is 5.22. The van der Waals surface area contributed by atoms with E-state index in [1.807, 2.05) is 13.8 Å². The molecule has 5 heteroatoms. The Labute approximate surface area is 101 Å². The lowest BCUT2D eigenvalue weighted by molar-refractivity contribution is -0.145. The number of hydrogen-bond acceptors (Lipinski definition) is 4. The van der Waals surface area contributed by atoms with Crippen molar-refractivity contribution >= 4 is 11.9 Å². The molecule has 2 aliphatic rings. The first-order chi connectivity index (χ1) is 8.01. The number of nitrogens with zero attached hydrogens (tertiary/aromatic N) is 1. The molecule has 1 N–H and O–H groups in total. The predicted molar refractivity (Wildman–Crippen MR) is 61.7 cm³/mol. The van der Waals surface area contributed by atoms with Crippen LogP contribution in [0.15, 0.2) is 5.16 Å². The van der Waals surface area contributed by atoms with Crippen LogP contribution in [0.25, 0.3) is 0 Å². The molecule has 96 valence electrons. The summed E-state index contributed by atoms with van der Waals surface area (Å²) in [4.78, 5) is 16.4. The fourth-order valence-electron chi connectivity index (χ4n) is 2.48. The summed E-state index contributed by atoms with van der Waals surface area (Å²) >= 11 is 0. The Balaban J connectivity index is 1.87. The molecule has 1 aliphatic heterocycles. The fourth-order valence-corrected chi connectivity index (χ4v) is 2.48. The van der Waals surface area contributed by atoms with Gasteiger partial charge < -0.3 is 14.7 Å². The van der Waals surface area contributed by atoms with Crippen LogP contribution in [0.4, 0.5) is 0 Å². The summed E-state index contributed by atoms with van der Waals surface area (Å²) in [6.45, 7) is 3.91. The normalized spacial score (nSPS) is 32.4. The van der Waals surface area contributed by atoms with Crippen LogP contribution in [0.2, 0.25) is 0 Å². The molecule has 0 aromatic heterocycles. The largest absolute Gasteiger partial charge is 0.481 e. The Morgan fingerprint density at radius 1 is 1.53 bits per heavy atom. The summed E-state index contributed by atoms with van der Waals surface area (Å²) in [5, 5.41) is 12.9. The molecule has 1 saturated carbocycles. The van der Waals surface area contributed by atoms with E-state index in [1.54, 1.807) is 0 Å². The van der Waals surface area contributed by atoms with Gasteiger partial charge in [0.25, 0.3) is 0 Å². The Kier molecular flexibility index (Phi) is 3.26. The zero-order valence-electron chi connectivity index (χ0n) is 10.3. The van der Waals surface area contributed by atoms with Gasteiger partial charge in [-0.1, -0.05) is 5.16 Å². The van der Waals surface area contributed by atoms with E-state index in [1.165, 1.54) is 0 Å². The molecule has 1 spiro atoms. The Morgan fingerprint density at radius 2 is 2.18 bits per heavy atom. The van der Waals surface area contributed by atoms with E-state index in [9.17, 15) is 4.79 Å². The molecule has 1 heterocycles. The molecule has 0 aromatic rings. The highest BCUT2D eigenvalue weighted by molar-refractivity contribution is 5.78. The van der Waals surface area contributed by atoms with Crippen molar-refractivity contribution in [3.8, 4) is 0 Å². The molecule has 2 rings (SSSR count). The zero-order chi connectivity index (χ0) is 12.5. The van der Waals surface area contributed by atoms with Crippen LogP contribution >= 0.6 is 0 Å². The molecule has 0 unspecified atom stereocenters. The van der Waals surface area contributed by atoms with E-state index in [-0.39, 0.29) is 17.6 Å². The predicted octanol–water partition coefficient (Wildman–Crippen LogP) is 2.16. The maximum absolute atomic E-state index is 10.9. The van der Waals surface area contributed by atoms with E-state index in [0.717, 1.165) is 12.8 Å². The summed E-state index contributed by atoms with van der Waals surface area (Å²) < 4.78 is 5.52. The monoisotopic (exact) mass is 241 g/mol. The number of hydrogen-bond donors (Lipinski definition) is 1. The van der Waals surface area contributed by atoms with Gasteiger partial charge in [-0.25, -0.2) is 0 Å². The van der Waals surface area contributed by atoms with Gasteiger partial charge in [0.1, 0.15) is 5.60 Å². The van der Waals surface area contributed by atoms with Crippen molar-refractivity contribution in [1.82, 2.24) is 0 Å². The van der Waals surface area contributed by atoms with Gasteiger partial charge in [0.2, 0.25) is 5.90 Å².